The van der Waals surface area contributed by atoms with E-state index in [0.717, 1.165) is 51.7 Å². The molecule has 4 aromatic rings. The zero-order valence-electron chi connectivity index (χ0n) is 26.0. The number of nitrogens with zero attached hydrogens (tertiary/aromatic N) is 3. The standard InChI is InChI=1S/C34H37BrClN5O3S/c1-6-7-10-15-44-31-25(35)17-24(18-28(31)43-5)30-29(32(42)38-27-14-13-20(2)16-21(27)3)22(4)37-33-39-34(40-41(30)33)45-19-23-11-8-9-12-26(23)36/h8-9,11-14,16-18,30H,6-7,10,15,19H2,1-5H3,(H,38,42)(H,37,39,40). The Labute approximate surface area is 282 Å². The van der Waals surface area contributed by atoms with Crippen LogP contribution in [0.4, 0.5) is 11.6 Å². The predicted octanol–water partition coefficient (Wildman–Crippen LogP) is 9.11. The van der Waals surface area contributed by atoms with Crippen molar-refractivity contribution in [3.05, 3.63) is 97.6 Å². The number of benzene rings is 3. The first-order chi connectivity index (χ1) is 21.7. The lowest BCUT2D eigenvalue weighted by Gasteiger charge is -2.29. The Kier molecular flexibility index (Phi) is 10.8. The van der Waals surface area contributed by atoms with Crippen molar-refractivity contribution < 1.29 is 14.3 Å². The molecule has 0 fully saturated rings. The van der Waals surface area contributed by atoms with Crippen LogP contribution in [0.3, 0.4) is 0 Å². The summed E-state index contributed by atoms with van der Waals surface area (Å²) in [6.45, 7) is 8.64. The second kappa shape index (κ2) is 14.7. The summed E-state index contributed by atoms with van der Waals surface area (Å²) in [5, 5.41) is 12.6. The normalized spacial score (nSPS) is 14.2. The zero-order chi connectivity index (χ0) is 32.1. The summed E-state index contributed by atoms with van der Waals surface area (Å²) >= 11 is 11.6. The van der Waals surface area contributed by atoms with Gasteiger partial charge in [0.15, 0.2) is 11.5 Å². The third kappa shape index (κ3) is 7.51. The van der Waals surface area contributed by atoms with Crippen LogP contribution in [0.25, 0.3) is 0 Å². The van der Waals surface area contributed by atoms with E-state index >= 15 is 0 Å². The molecule has 1 atom stereocenters. The van der Waals surface area contributed by atoms with Crippen LogP contribution in [0.15, 0.2) is 75.5 Å². The molecule has 5 rings (SSSR count). The van der Waals surface area contributed by atoms with E-state index in [1.807, 2.05) is 75.4 Å². The number of ether oxygens (including phenoxy) is 2. The summed E-state index contributed by atoms with van der Waals surface area (Å²) in [5.74, 6) is 2.10. The second-order valence-corrected chi connectivity index (χ2v) is 13.2. The summed E-state index contributed by atoms with van der Waals surface area (Å²) in [6.07, 6.45) is 3.14. The average Bonchev–Trinajstić information content (AvgIpc) is 3.42. The van der Waals surface area contributed by atoms with Gasteiger partial charge in [0.1, 0.15) is 6.04 Å². The maximum atomic E-state index is 14.1. The summed E-state index contributed by atoms with van der Waals surface area (Å²) < 4.78 is 14.4. The summed E-state index contributed by atoms with van der Waals surface area (Å²) in [6, 6.07) is 17.0. The molecule has 1 aliphatic rings. The third-order valence-electron chi connectivity index (χ3n) is 7.58. The summed E-state index contributed by atoms with van der Waals surface area (Å²) in [4.78, 5) is 18.9. The highest BCUT2D eigenvalue weighted by atomic mass is 79.9. The molecule has 0 spiro atoms. The number of methoxy groups -OCH3 is 1. The molecular weight excluding hydrogens is 674 g/mol. The molecule has 3 aromatic carbocycles. The van der Waals surface area contributed by atoms with Crippen molar-refractivity contribution in [3.63, 3.8) is 0 Å². The Morgan fingerprint density at radius 1 is 1.13 bits per heavy atom. The van der Waals surface area contributed by atoms with E-state index in [1.165, 1.54) is 11.8 Å². The number of aryl methyl sites for hydroxylation is 2. The number of nitrogens with one attached hydrogen (secondary N) is 2. The van der Waals surface area contributed by atoms with Gasteiger partial charge >= 0.3 is 0 Å². The minimum atomic E-state index is -0.603. The molecule has 1 aliphatic heterocycles. The van der Waals surface area contributed by atoms with E-state index < -0.39 is 6.04 Å². The molecule has 1 aromatic heterocycles. The van der Waals surface area contributed by atoms with Gasteiger partial charge in [-0.1, -0.05) is 79.0 Å². The topological polar surface area (TPSA) is 90.3 Å². The lowest BCUT2D eigenvalue weighted by Crippen LogP contribution is -2.31. The van der Waals surface area contributed by atoms with Gasteiger partial charge in [-0.3, -0.25) is 4.79 Å². The molecule has 0 aliphatic carbocycles. The second-order valence-electron chi connectivity index (χ2n) is 11.0. The third-order valence-corrected chi connectivity index (χ3v) is 9.43. The highest BCUT2D eigenvalue weighted by Gasteiger charge is 2.35. The molecular formula is C34H37BrClN5O3S. The lowest BCUT2D eigenvalue weighted by molar-refractivity contribution is -0.113. The van der Waals surface area contributed by atoms with Crippen molar-refractivity contribution >= 4 is 56.8 Å². The molecule has 0 saturated carbocycles. The highest BCUT2D eigenvalue weighted by Crippen LogP contribution is 2.43. The smallest absolute Gasteiger partial charge is 0.255 e. The Hall–Kier alpha value is -3.47. The quantitative estimate of drug-likeness (QED) is 0.112. The molecule has 2 heterocycles. The largest absolute Gasteiger partial charge is 0.493 e. The Balaban J connectivity index is 1.54. The molecule has 0 saturated heterocycles. The van der Waals surface area contributed by atoms with Gasteiger partial charge in [-0.05, 0) is 84.1 Å². The number of carbonyl (C=O) groups excluding carboxylic acids is 1. The number of anilines is 2. The van der Waals surface area contributed by atoms with Crippen LogP contribution in [0.5, 0.6) is 11.5 Å². The fraction of sp³-hybridized carbons (Fsp3) is 0.324. The number of aromatic nitrogens is 3. The van der Waals surface area contributed by atoms with Gasteiger partial charge in [-0.2, -0.15) is 4.98 Å². The first-order valence-electron chi connectivity index (χ1n) is 14.9. The minimum absolute atomic E-state index is 0.238. The number of hydrogen-bond donors (Lipinski definition) is 2. The maximum absolute atomic E-state index is 14.1. The van der Waals surface area contributed by atoms with Crippen molar-refractivity contribution in [2.24, 2.45) is 0 Å². The zero-order valence-corrected chi connectivity index (χ0v) is 29.2. The number of amides is 1. The molecule has 1 unspecified atom stereocenters. The molecule has 1 amide bonds. The molecule has 0 radical (unpaired) electrons. The van der Waals surface area contributed by atoms with Crippen LogP contribution in [-0.4, -0.2) is 34.4 Å². The van der Waals surface area contributed by atoms with Crippen molar-refractivity contribution in [2.45, 2.75) is 63.9 Å². The first-order valence-corrected chi connectivity index (χ1v) is 17.0. The number of carbonyl (C=O) groups is 1. The van der Waals surface area contributed by atoms with Gasteiger partial charge in [0, 0.05) is 22.2 Å². The molecule has 0 bridgehead atoms. The van der Waals surface area contributed by atoms with Crippen molar-refractivity contribution in [3.8, 4) is 11.5 Å². The van der Waals surface area contributed by atoms with E-state index in [9.17, 15) is 4.79 Å². The summed E-state index contributed by atoms with van der Waals surface area (Å²) in [7, 11) is 1.62. The van der Waals surface area contributed by atoms with Crippen molar-refractivity contribution in [1.82, 2.24) is 14.8 Å². The van der Waals surface area contributed by atoms with E-state index in [4.69, 9.17) is 31.2 Å². The minimum Gasteiger partial charge on any atom is -0.493 e. The average molecular weight is 711 g/mol. The van der Waals surface area contributed by atoms with Crippen LogP contribution in [-0.2, 0) is 10.5 Å². The Bertz CT molecular complexity index is 1740. The Morgan fingerprint density at radius 2 is 1.93 bits per heavy atom. The van der Waals surface area contributed by atoms with Gasteiger partial charge in [-0.25, -0.2) is 4.68 Å². The molecule has 236 valence electrons. The lowest BCUT2D eigenvalue weighted by atomic mass is 9.94. The van der Waals surface area contributed by atoms with E-state index in [0.29, 0.717) is 51.3 Å². The fourth-order valence-corrected chi connectivity index (χ4v) is 6.95. The summed E-state index contributed by atoms with van der Waals surface area (Å²) in [5.41, 5.74) is 5.84. The van der Waals surface area contributed by atoms with Gasteiger partial charge in [0.25, 0.3) is 5.91 Å². The van der Waals surface area contributed by atoms with Crippen LogP contribution >= 0.6 is 39.3 Å². The molecule has 2 N–H and O–H groups in total. The number of unbranched alkanes of at least 4 members (excludes halogenated alkanes) is 2. The monoisotopic (exact) mass is 709 g/mol. The Morgan fingerprint density at radius 3 is 2.67 bits per heavy atom. The van der Waals surface area contributed by atoms with Gasteiger partial charge in [0.05, 0.1) is 23.8 Å². The number of halogens is 2. The maximum Gasteiger partial charge on any atom is 0.255 e. The number of fused-ring (bicyclic) bond motifs is 1. The van der Waals surface area contributed by atoms with Crippen molar-refractivity contribution in [1.29, 1.82) is 0 Å². The van der Waals surface area contributed by atoms with Crippen LogP contribution in [0, 0.1) is 13.8 Å². The molecule has 11 heteroatoms. The highest BCUT2D eigenvalue weighted by molar-refractivity contribution is 9.10. The SMILES string of the molecule is CCCCCOc1c(Br)cc(C2C(C(=O)Nc3ccc(C)cc3C)=C(C)Nc3nc(SCc4ccccc4Cl)nn32)cc1OC. The van der Waals surface area contributed by atoms with Gasteiger partial charge in [0.2, 0.25) is 11.1 Å². The number of rotatable bonds is 12. The van der Waals surface area contributed by atoms with Crippen LogP contribution < -0.4 is 20.1 Å². The first kappa shape index (κ1) is 32.9. The number of thioether (sulfide) groups is 1. The van der Waals surface area contributed by atoms with E-state index in [-0.39, 0.29) is 5.91 Å². The van der Waals surface area contributed by atoms with Gasteiger partial charge in [-0.15, -0.1) is 5.10 Å². The van der Waals surface area contributed by atoms with E-state index in [2.05, 4.69) is 33.5 Å². The number of allylic oxidation sites excluding steroid dienone is 1. The van der Waals surface area contributed by atoms with Gasteiger partial charge < -0.3 is 20.1 Å². The van der Waals surface area contributed by atoms with E-state index in [1.54, 1.807) is 11.8 Å². The molecule has 45 heavy (non-hydrogen) atoms. The molecule has 8 nitrogen and oxygen atoms in total. The van der Waals surface area contributed by atoms with Crippen molar-refractivity contribution in [2.75, 3.05) is 24.4 Å². The van der Waals surface area contributed by atoms with Crippen LogP contribution in [0.2, 0.25) is 5.02 Å². The predicted molar refractivity (Wildman–Crippen MR) is 186 cm³/mol. The number of hydrogen-bond acceptors (Lipinski definition) is 7. The van der Waals surface area contributed by atoms with Crippen LogP contribution in [0.1, 0.15) is 61.4 Å². The fourth-order valence-electron chi connectivity index (χ4n) is 5.26.